The highest BCUT2D eigenvalue weighted by atomic mass is 16.5. The van der Waals surface area contributed by atoms with Crippen LogP contribution in [0.5, 0.6) is 0 Å². The minimum atomic E-state index is -0.949. The number of Topliss-reactive ketones (excluding diaryl/α,β-unsaturated/α-hetero) is 1. The summed E-state index contributed by atoms with van der Waals surface area (Å²) in [7, 11) is 0. The molecule has 0 aliphatic carbocycles. The van der Waals surface area contributed by atoms with Gasteiger partial charge in [0.25, 0.3) is 11.8 Å². The number of benzene rings is 2. The second-order valence-electron chi connectivity index (χ2n) is 8.08. The van der Waals surface area contributed by atoms with Gasteiger partial charge in [-0.05, 0) is 43.3 Å². The molecule has 1 aliphatic heterocycles. The minimum absolute atomic E-state index is 0.156. The molecule has 1 aromatic heterocycles. The number of nitrogens with one attached hydrogen (secondary N) is 2. The molecule has 1 saturated heterocycles. The predicted octanol–water partition coefficient (Wildman–Crippen LogP) is 2.00. The van der Waals surface area contributed by atoms with Crippen LogP contribution in [0.15, 0.2) is 73.1 Å². The van der Waals surface area contributed by atoms with Crippen molar-refractivity contribution in [1.29, 1.82) is 0 Å². The molecule has 0 bridgehead atoms. The van der Waals surface area contributed by atoms with E-state index in [0.717, 1.165) is 10.5 Å². The van der Waals surface area contributed by atoms with Crippen LogP contribution in [0.25, 0.3) is 0 Å². The number of ketones is 1. The number of nitrogens with zero attached hydrogens (tertiary/aromatic N) is 2. The van der Waals surface area contributed by atoms with Gasteiger partial charge in [0.2, 0.25) is 5.91 Å². The Hall–Kier alpha value is -4.70. The van der Waals surface area contributed by atoms with E-state index < -0.39 is 36.3 Å². The third kappa shape index (κ3) is 5.50. The van der Waals surface area contributed by atoms with Gasteiger partial charge in [0, 0.05) is 18.0 Å². The van der Waals surface area contributed by atoms with Crippen LogP contribution < -0.4 is 15.8 Å². The van der Waals surface area contributed by atoms with Crippen LogP contribution in [0.3, 0.4) is 0 Å². The number of aromatic nitrogens is 1. The Bertz CT molecular complexity index is 1310. The molecule has 2 N–H and O–H groups in total. The molecular weight excluding hydrogens is 464 g/mol. The van der Waals surface area contributed by atoms with E-state index in [-0.39, 0.29) is 23.5 Å². The van der Waals surface area contributed by atoms with E-state index in [1.165, 1.54) is 36.7 Å². The largest absolute Gasteiger partial charge is 0.454 e. The summed E-state index contributed by atoms with van der Waals surface area (Å²) in [5.41, 5.74) is 7.16. The molecule has 182 valence electrons. The number of anilines is 1. The van der Waals surface area contributed by atoms with Gasteiger partial charge < -0.3 is 4.74 Å². The van der Waals surface area contributed by atoms with Gasteiger partial charge in [0.15, 0.2) is 12.4 Å². The molecule has 36 heavy (non-hydrogen) atoms. The second-order valence-corrected chi connectivity index (χ2v) is 8.08. The Morgan fingerprint density at radius 1 is 0.972 bits per heavy atom. The number of hydrazine groups is 1. The van der Waals surface area contributed by atoms with Gasteiger partial charge in [0.05, 0.1) is 23.2 Å². The van der Waals surface area contributed by atoms with Crippen molar-refractivity contribution < 1.29 is 28.7 Å². The Morgan fingerprint density at radius 3 is 2.33 bits per heavy atom. The molecule has 4 rings (SSSR count). The molecular formula is C26H22N4O6. The number of ether oxygens (including phenoxy) is 1. The van der Waals surface area contributed by atoms with Crippen LogP contribution in [-0.4, -0.2) is 47.1 Å². The average Bonchev–Trinajstić information content (AvgIpc) is 3.19. The lowest BCUT2D eigenvalue weighted by molar-refractivity contribution is -0.121. The molecule has 0 spiro atoms. The van der Waals surface area contributed by atoms with Gasteiger partial charge in [-0.3, -0.25) is 29.6 Å². The zero-order valence-corrected chi connectivity index (χ0v) is 19.3. The van der Waals surface area contributed by atoms with Gasteiger partial charge in [-0.1, -0.05) is 29.8 Å². The fraction of sp³-hybridized carbons (Fsp3) is 0.154. The Balaban J connectivity index is 1.33. The van der Waals surface area contributed by atoms with Crippen molar-refractivity contribution >= 4 is 35.2 Å². The average molecular weight is 486 g/mol. The Kier molecular flexibility index (Phi) is 7.26. The topological polar surface area (TPSA) is 135 Å². The quantitative estimate of drug-likeness (QED) is 0.214. The zero-order valence-electron chi connectivity index (χ0n) is 19.3. The molecule has 2 heterocycles. The van der Waals surface area contributed by atoms with Crippen molar-refractivity contribution in [3.63, 3.8) is 0 Å². The maximum Gasteiger partial charge on any atom is 0.338 e. The number of hydrogen-bond donors (Lipinski definition) is 2. The molecule has 10 nitrogen and oxygen atoms in total. The first kappa shape index (κ1) is 24.4. The summed E-state index contributed by atoms with van der Waals surface area (Å²) < 4.78 is 5.10. The zero-order chi connectivity index (χ0) is 25.7. The summed E-state index contributed by atoms with van der Waals surface area (Å²) in [6, 6.07) is 14.8. The van der Waals surface area contributed by atoms with Gasteiger partial charge in [-0.2, -0.15) is 0 Å². The lowest BCUT2D eigenvalue weighted by Crippen LogP contribution is -2.48. The maximum atomic E-state index is 12.8. The monoisotopic (exact) mass is 486 g/mol. The highest BCUT2D eigenvalue weighted by Crippen LogP contribution is 2.23. The molecule has 1 fully saturated rings. The second kappa shape index (κ2) is 10.7. The molecule has 0 saturated carbocycles. The van der Waals surface area contributed by atoms with Crippen molar-refractivity contribution in [2.24, 2.45) is 0 Å². The maximum absolute atomic E-state index is 12.8. The van der Waals surface area contributed by atoms with Crippen molar-refractivity contribution in [3.8, 4) is 0 Å². The van der Waals surface area contributed by atoms with E-state index in [4.69, 9.17) is 4.74 Å². The number of amides is 3. The van der Waals surface area contributed by atoms with Crippen molar-refractivity contribution in [2.75, 3.05) is 11.5 Å². The Labute approximate surface area is 206 Å². The molecule has 0 radical (unpaired) electrons. The number of carbonyl (C=O) groups is 5. The van der Waals surface area contributed by atoms with Crippen molar-refractivity contribution in [1.82, 2.24) is 15.8 Å². The Morgan fingerprint density at radius 2 is 1.67 bits per heavy atom. The molecule has 3 amide bonds. The van der Waals surface area contributed by atoms with E-state index in [2.05, 4.69) is 15.8 Å². The predicted molar refractivity (Wildman–Crippen MR) is 128 cm³/mol. The van der Waals surface area contributed by atoms with Gasteiger partial charge in [-0.25, -0.2) is 15.1 Å². The van der Waals surface area contributed by atoms with E-state index in [9.17, 15) is 24.0 Å². The summed E-state index contributed by atoms with van der Waals surface area (Å²) in [6.07, 6.45) is 2.74. The van der Waals surface area contributed by atoms with Gasteiger partial charge in [0.1, 0.15) is 6.04 Å². The summed E-state index contributed by atoms with van der Waals surface area (Å²) in [5.74, 6) is -2.55. The SMILES string of the molecule is Cc1ccc(C(=O)COC(=O)c2ccc(N3C(=O)CC(NNC(=O)c4cccnc4)C3=O)cc2)cc1. The normalized spacial score (nSPS) is 15.0. The van der Waals surface area contributed by atoms with Crippen LogP contribution >= 0.6 is 0 Å². The fourth-order valence-electron chi connectivity index (χ4n) is 3.52. The van der Waals surface area contributed by atoms with E-state index >= 15 is 0 Å². The van der Waals surface area contributed by atoms with E-state index in [1.807, 2.05) is 6.92 Å². The molecule has 2 aromatic carbocycles. The van der Waals surface area contributed by atoms with Crippen LogP contribution in [0.1, 0.15) is 43.1 Å². The molecule has 3 aromatic rings. The molecule has 1 aliphatic rings. The third-order valence-electron chi connectivity index (χ3n) is 5.50. The third-order valence-corrected chi connectivity index (χ3v) is 5.50. The van der Waals surface area contributed by atoms with Crippen LogP contribution in [0.4, 0.5) is 5.69 Å². The summed E-state index contributed by atoms with van der Waals surface area (Å²) in [6.45, 7) is 1.49. The highest BCUT2D eigenvalue weighted by Gasteiger charge is 2.39. The molecule has 10 heteroatoms. The first-order valence-electron chi connectivity index (χ1n) is 11.0. The van der Waals surface area contributed by atoms with Gasteiger partial charge >= 0.3 is 5.97 Å². The van der Waals surface area contributed by atoms with Crippen molar-refractivity contribution in [3.05, 3.63) is 95.3 Å². The van der Waals surface area contributed by atoms with Crippen LogP contribution in [-0.2, 0) is 14.3 Å². The minimum Gasteiger partial charge on any atom is -0.454 e. The van der Waals surface area contributed by atoms with E-state index in [0.29, 0.717) is 11.1 Å². The summed E-state index contributed by atoms with van der Waals surface area (Å²) in [4.78, 5) is 66.8. The lowest BCUT2D eigenvalue weighted by atomic mass is 10.1. The van der Waals surface area contributed by atoms with Crippen LogP contribution in [0, 0.1) is 6.92 Å². The number of carbonyl (C=O) groups excluding carboxylic acids is 5. The number of esters is 1. The smallest absolute Gasteiger partial charge is 0.338 e. The number of aryl methyl sites for hydroxylation is 1. The molecule has 1 atom stereocenters. The van der Waals surface area contributed by atoms with Crippen LogP contribution in [0.2, 0.25) is 0 Å². The standard InChI is InChI=1S/C26H22N4O6/c1-16-4-6-17(7-5-16)22(31)15-36-26(35)18-8-10-20(11-9-18)30-23(32)13-21(25(30)34)28-29-24(33)19-3-2-12-27-14-19/h2-12,14,21,28H,13,15H2,1H3,(H,29,33). The fourth-order valence-corrected chi connectivity index (χ4v) is 3.52. The number of rotatable bonds is 8. The van der Waals surface area contributed by atoms with Gasteiger partial charge in [-0.15, -0.1) is 0 Å². The highest BCUT2D eigenvalue weighted by molar-refractivity contribution is 6.22. The van der Waals surface area contributed by atoms with Crippen molar-refractivity contribution in [2.45, 2.75) is 19.4 Å². The number of imide groups is 1. The number of pyridine rings is 1. The molecule has 1 unspecified atom stereocenters. The first-order valence-corrected chi connectivity index (χ1v) is 11.0. The first-order chi connectivity index (χ1) is 17.3. The summed E-state index contributed by atoms with van der Waals surface area (Å²) >= 11 is 0. The van der Waals surface area contributed by atoms with E-state index in [1.54, 1.807) is 36.4 Å². The lowest BCUT2D eigenvalue weighted by Gasteiger charge is -2.16. The summed E-state index contributed by atoms with van der Waals surface area (Å²) in [5, 5.41) is 0. The number of hydrogen-bond acceptors (Lipinski definition) is 8.